The van der Waals surface area contributed by atoms with Crippen molar-refractivity contribution in [3.8, 4) is 22.8 Å². The van der Waals surface area contributed by atoms with Gasteiger partial charge in [-0.25, -0.2) is 14.2 Å². The van der Waals surface area contributed by atoms with Crippen molar-refractivity contribution in [3.63, 3.8) is 0 Å². The Kier molecular flexibility index (Phi) is 6.64. The van der Waals surface area contributed by atoms with Crippen molar-refractivity contribution in [3.05, 3.63) is 90.8 Å². The molecule has 38 heavy (non-hydrogen) atoms. The second-order valence-corrected chi connectivity index (χ2v) is 8.51. The smallest absolute Gasteiger partial charge is 0.321 e. The first-order chi connectivity index (χ1) is 18.4. The molecule has 0 spiro atoms. The van der Waals surface area contributed by atoms with Crippen LogP contribution >= 0.6 is 0 Å². The quantitative estimate of drug-likeness (QED) is 0.284. The molecule has 0 saturated carbocycles. The zero-order chi connectivity index (χ0) is 26.6. The maximum atomic E-state index is 13.1. The molecular weight excluding hydrogens is 489 g/mol. The zero-order valence-electron chi connectivity index (χ0n) is 20.4. The number of anilines is 2. The van der Waals surface area contributed by atoms with E-state index in [4.69, 9.17) is 4.74 Å². The topological polar surface area (TPSA) is 125 Å². The SMILES string of the molecule is CN(C)C(=O)Nc1cncc(-c2ccc3[nH]nc(C(=O)Nc4ccc(Oc5ccc(F)cc5)nc4)c3c2)c1. The number of pyridine rings is 2. The third-order valence-electron chi connectivity index (χ3n) is 5.54. The molecule has 3 N–H and O–H groups in total. The lowest BCUT2D eigenvalue weighted by Crippen LogP contribution is -2.27. The fourth-order valence-corrected chi connectivity index (χ4v) is 3.60. The van der Waals surface area contributed by atoms with Gasteiger partial charge in [0.15, 0.2) is 5.69 Å². The van der Waals surface area contributed by atoms with Gasteiger partial charge in [0, 0.05) is 37.3 Å². The minimum absolute atomic E-state index is 0.207. The highest BCUT2D eigenvalue weighted by atomic mass is 19.1. The van der Waals surface area contributed by atoms with Crippen LogP contribution in [0.1, 0.15) is 10.5 Å². The number of nitrogens with one attached hydrogen (secondary N) is 3. The predicted molar refractivity (Wildman–Crippen MR) is 141 cm³/mol. The monoisotopic (exact) mass is 511 g/mol. The fraction of sp³-hybridized carbons (Fsp3) is 0.0741. The molecule has 3 heterocycles. The van der Waals surface area contributed by atoms with E-state index in [1.165, 1.54) is 35.4 Å². The first-order valence-electron chi connectivity index (χ1n) is 11.5. The molecule has 3 aromatic heterocycles. The van der Waals surface area contributed by atoms with Crippen molar-refractivity contribution in [2.24, 2.45) is 0 Å². The third-order valence-corrected chi connectivity index (χ3v) is 5.54. The van der Waals surface area contributed by atoms with Crippen molar-refractivity contribution >= 4 is 34.2 Å². The van der Waals surface area contributed by atoms with Gasteiger partial charge in [-0.2, -0.15) is 5.10 Å². The lowest BCUT2D eigenvalue weighted by molar-refractivity contribution is 0.102. The molecular formula is C27H22FN7O3. The van der Waals surface area contributed by atoms with Crippen LogP contribution in [0.5, 0.6) is 11.6 Å². The zero-order valence-corrected chi connectivity index (χ0v) is 20.4. The number of amides is 3. The minimum Gasteiger partial charge on any atom is -0.439 e. The predicted octanol–water partition coefficient (Wildman–Crippen LogP) is 5.30. The summed E-state index contributed by atoms with van der Waals surface area (Å²) in [5, 5.41) is 13.2. The van der Waals surface area contributed by atoms with Crippen LogP contribution in [-0.2, 0) is 0 Å². The molecule has 0 saturated heterocycles. The van der Waals surface area contributed by atoms with Gasteiger partial charge < -0.3 is 20.3 Å². The van der Waals surface area contributed by atoms with Crippen LogP contribution in [0.4, 0.5) is 20.6 Å². The molecule has 5 rings (SSSR count). The number of urea groups is 1. The average Bonchev–Trinajstić information content (AvgIpc) is 3.35. The summed E-state index contributed by atoms with van der Waals surface area (Å²) in [6.07, 6.45) is 4.69. The third kappa shape index (κ3) is 5.41. The number of hydrogen-bond donors (Lipinski definition) is 3. The van der Waals surface area contributed by atoms with Gasteiger partial charge in [0.05, 0.1) is 29.3 Å². The van der Waals surface area contributed by atoms with Crippen LogP contribution in [0.15, 0.2) is 79.3 Å². The molecule has 5 aromatic rings. The maximum Gasteiger partial charge on any atom is 0.321 e. The standard InChI is InChI=1S/C27H22FN7O3/c1-35(2)27(37)32-20-11-17(13-29-14-20)16-3-9-23-22(12-16)25(34-33-23)26(36)31-19-6-10-24(30-15-19)38-21-7-4-18(28)5-8-21/h3-15H,1-2H3,(H,31,36)(H,32,37)(H,33,34). The van der Waals surface area contributed by atoms with Crippen molar-refractivity contribution in [1.29, 1.82) is 0 Å². The number of benzene rings is 2. The Morgan fingerprint density at radius 1 is 0.895 bits per heavy atom. The van der Waals surface area contributed by atoms with Crippen molar-refractivity contribution in [2.75, 3.05) is 24.7 Å². The van der Waals surface area contributed by atoms with E-state index in [0.717, 1.165) is 11.1 Å². The van der Waals surface area contributed by atoms with E-state index < -0.39 is 5.91 Å². The molecule has 0 unspecified atom stereocenters. The molecule has 0 aliphatic carbocycles. The van der Waals surface area contributed by atoms with Gasteiger partial charge in [0.1, 0.15) is 11.6 Å². The number of aromatic amines is 1. The highest BCUT2D eigenvalue weighted by molar-refractivity contribution is 6.11. The van der Waals surface area contributed by atoms with Crippen LogP contribution in [-0.4, -0.2) is 51.1 Å². The maximum absolute atomic E-state index is 13.1. The summed E-state index contributed by atoms with van der Waals surface area (Å²) in [4.78, 5) is 34.9. The van der Waals surface area contributed by atoms with Crippen molar-refractivity contribution in [1.82, 2.24) is 25.1 Å². The summed E-state index contributed by atoms with van der Waals surface area (Å²) < 4.78 is 18.6. The summed E-state index contributed by atoms with van der Waals surface area (Å²) in [5.41, 5.74) is 3.44. The molecule has 0 radical (unpaired) electrons. The number of carbonyl (C=O) groups is 2. The number of H-pyrrole nitrogens is 1. The number of ether oxygens (including phenoxy) is 1. The Hall–Kier alpha value is -5.32. The number of fused-ring (bicyclic) bond motifs is 1. The number of nitrogens with zero attached hydrogens (tertiary/aromatic N) is 4. The normalized spacial score (nSPS) is 10.7. The van der Waals surface area contributed by atoms with E-state index in [1.807, 2.05) is 18.2 Å². The van der Waals surface area contributed by atoms with Gasteiger partial charge in [0.25, 0.3) is 5.91 Å². The molecule has 0 fully saturated rings. The van der Waals surface area contributed by atoms with Crippen LogP contribution in [0.25, 0.3) is 22.0 Å². The van der Waals surface area contributed by atoms with Gasteiger partial charge >= 0.3 is 6.03 Å². The van der Waals surface area contributed by atoms with Gasteiger partial charge in [-0.1, -0.05) is 6.07 Å². The second kappa shape index (κ2) is 10.3. The van der Waals surface area contributed by atoms with Gasteiger partial charge in [-0.3, -0.25) is 14.9 Å². The molecule has 11 heteroatoms. The van der Waals surface area contributed by atoms with E-state index in [9.17, 15) is 14.0 Å². The minimum atomic E-state index is -0.424. The molecule has 3 amide bonds. The molecule has 0 aliphatic rings. The molecule has 0 bridgehead atoms. The number of rotatable bonds is 6. The molecule has 190 valence electrons. The van der Waals surface area contributed by atoms with Crippen LogP contribution in [0.3, 0.4) is 0 Å². The van der Waals surface area contributed by atoms with Gasteiger partial charge in [-0.15, -0.1) is 0 Å². The van der Waals surface area contributed by atoms with E-state index in [-0.39, 0.29) is 17.5 Å². The molecule has 0 atom stereocenters. The first kappa shape index (κ1) is 24.4. The highest BCUT2D eigenvalue weighted by Crippen LogP contribution is 2.27. The average molecular weight is 512 g/mol. The van der Waals surface area contributed by atoms with E-state index in [2.05, 4.69) is 30.8 Å². The van der Waals surface area contributed by atoms with Crippen LogP contribution < -0.4 is 15.4 Å². The van der Waals surface area contributed by atoms with E-state index >= 15 is 0 Å². The molecule has 10 nitrogen and oxygen atoms in total. The summed E-state index contributed by atoms with van der Waals surface area (Å²) >= 11 is 0. The lowest BCUT2D eigenvalue weighted by atomic mass is 10.0. The number of hydrogen-bond acceptors (Lipinski definition) is 6. The number of aromatic nitrogens is 4. The Bertz CT molecular complexity index is 1620. The Morgan fingerprint density at radius 3 is 2.45 bits per heavy atom. The molecule has 2 aromatic carbocycles. The summed E-state index contributed by atoms with van der Waals surface area (Å²) in [6, 6.07) is 15.9. The van der Waals surface area contributed by atoms with Crippen LogP contribution in [0, 0.1) is 5.82 Å². The Labute approximate surface area is 216 Å². The van der Waals surface area contributed by atoms with Gasteiger partial charge in [0.2, 0.25) is 5.88 Å². The van der Waals surface area contributed by atoms with E-state index in [1.54, 1.807) is 44.7 Å². The highest BCUT2D eigenvalue weighted by Gasteiger charge is 2.16. The summed E-state index contributed by atoms with van der Waals surface area (Å²) in [6.45, 7) is 0. The lowest BCUT2D eigenvalue weighted by Gasteiger charge is -2.12. The first-order valence-corrected chi connectivity index (χ1v) is 11.5. The Morgan fingerprint density at radius 2 is 1.71 bits per heavy atom. The van der Waals surface area contributed by atoms with E-state index in [0.29, 0.717) is 33.9 Å². The van der Waals surface area contributed by atoms with Crippen LogP contribution in [0.2, 0.25) is 0 Å². The Balaban J connectivity index is 1.33. The van der Waals surface area contributed by atoms with Gasteiger partial charge in [-0.05, 0) is 54.1 Å². The summed E-state index contributed by atoms with van der Waals surface area (Å²) in [5.74, 6) is -0.0510. The van der Waals surface area contributed by atoms with Crippen molar-refractivity contribution < 1.29 is 18.7 Å². The second-order valence-electron chi connectivity index (χ2n) is 8.51. The molecule has 0 aliphatic heterocycles. The largest absolute Gasteiger partial charge is 0.439 e. The summed E-state index contributed by atoms with van der Waals surface area (Å²) in [7, 11) is 3.30. The number of carbonyl (C=O) groups excluding carboxylic acids is 2. The fourth-order valence-electron chi connectivity index (χ4n) is 3.60. The number of halogens is 1. The van der Waals surface area contributed by atoms with Crippen molar-refractivity contribution in [2.45, 2.75) is 0 Å².